The van der Waals surface area contributed by atoms with Crippen molar-refractivity contribution in [3.05, 3.63) is 29.8 Å². The van der Waals surface area contributed by atoms with E-state index in [1.165, 1.54) is 24.3 Å². The average Bonchev–Trinajstić information content (AvgIpc) is 2.39. The lowest BCUT2D eigenvalue weighted by molar-refractivity contribution is -0.127. The number of carbonyl (C=O) groups excluding carboxylic acids is 1. The van der Waals surface area contributed by atoms with Crippen molar-refractivity contribution < 1.29 is 28.2 Å². The average molecular weight is 306 g/mol. The number of halogens is 3. The molecule has 21 heavy (non-hydrogen) atoms. The second kappa shape index (κ2) is 7.84. The third-order valence-corrected chi connectivity index (χ3v) is 2.68. The van der Waals surface area contributed by atoms with Crippen LogP contribution in [0.25, 0.3) is 0 Å². The molecular formula is C13H17F3N2O3. The van der Waals surface area contributed by atoms with Gasteiger partial charge in [0.25, 0.3) is 0 Å². The minimum absolute atomic E-state index is 0.0200. The summed E-state index contributed by atoms with van der Waals surface area (Å²) < 4.78 is 37.4. The highest BCUT2D eigenvalue weighted by molar-refractivity contribution is 5.90. The van der Waals surface area contributed by atoms with Gasteiger partial charge in [-0.3, -0.25) is 0 Å². The molecule has 0 heterocycles. The van der Waals surface area contributed by atoms with Crippen molar-refractivity contribution in [3.8, 4) is 0 Å². The van der Waals surface area contributed by atoms with Crippen LogP contribution in [0.2, 0.25) is 0 Å². The molecule has 5 nitrogen and oxygen atoms in total. The van der Waals surface area contributed by atoms with Crippen LogP contribution in [0.4, 0.5) is 23.7 Å². The molecule has 2 amide bonds. The van der Waals surface area contributed by atoms with Gasteiger partial charge in [0.2, 0.25) is 0 Å². The minimum Gasteiger partial charge on any atom is -0.395 e. The number of hydrogen-bond donors (Lipinski definition) is 3. The zero-order chi connectivity index (χ0) is 15.9. The van der Waals surface area contributed by atoms with Gasteiger partial charge in [-0.05, 0) is 11.6 Å². The van der Waals surface area contributed by atoms with Gasteiger partial charge in [0.1, 0.15) is 0 Å². The summed E-state index contributed by atoms with van der Waals surface area (Å²) in [7, 11) is 0. The van der Waals surface area contributed by atoms with Crippen LogP contribution in [0, 0.1) is 0 Å². The molecule has 0 radical (unpaired) electrons. The maximum atomic E-state index is 12.5. The highest BCUT2D eigenvalue weighted by Gasteiger charge is 2.29. The zero-order valence-electron chi connectivity index (χ0n) is 11.2. The fourth-order valence-electron chi connectivity index (χ4n) is 1.76. The topological polar surface area (TPSA) is 72.8 Å². The minimum atomic E-state index is -4.38. The van der Waals surface area contributed by atoms with Crippen molar-refractivity contribution in [2.75, 3.05) is 31.6 Å². The monoisotopic (exact) mass is 306 g/mol. The molecule has 0 spiro atoms. The van der Waals surface area contributed by atoms with E-state index in [1.54, 1.807) is 0 Å². The van der Waals surface area contributed by atoms with Crippen molar-refractivity contribution in [3.63, 3.8) is 0 Å². The highest BCUT2D eigenvalue weighted by Crippen LogP contribution is 2.26. The molecular weight excluding hydrogens is 289 g/mol. The summed E-state index contributed by atoms with van der Waals surface area (Å²) in [5, 5.41) is 20.0. The summed E-state index contributed by atoms with van der Waals surface area (Å²) in [6.07, 6.45) is -5.53. The SMILES string of the molecule is O=C(Nc1ccccc1CC(F)(F)F)N(CCO)CCO. The largest absolute Gasteiger partial charge is 0.395 e. The first-order valence-electron chi connectivity index (χ1n) is 6.29. The molecule has 8 heteroatoms. The second-order valence-electron chi connectivity index (χ2n) is 4.31. The van der Waals surface area contributed by atoms with E-state index < -0.39 is 18.6 Å². The summed E-state index contributed by atoms with van der Waals surface area (Å²) in [6.45, 7) is -0.656. The Morgan fingerprint density at radius 2 is 1.71 bits per heavy atom. The van der Waals surface area contributed by atoms with Crippen LogP contribution in [0.5, 0.6) is 0 Å². The predicted octanol–water partition coefficient (Wildman–Crippen LogP) is 1.61. The van der Waals surface area contributed by atoms with E-state index in [-0.39, 0.29) is 37.6 Å². The first-order chi connectivity index (χ1) is 9.87. The van der Waals surface area contributed by atoms with Crippen molar-refractivity contribution in [2.45, 2.75) is 12.6 Å². The summed E-state index contributed by atoms with van der Waals surface area (Å²) >= 11 is 0. The fourth-order valence-corrected chi connectivity index (χ4v) is 1.76. The molecule has 0 aromatic heterocycles. The molecule has 0 aliphatic heterocycles. The number of carbonyl (C=O) groups is 1. The van der Waals surface area contributed by atoms with Crippen LogP contribution in [0.15, 0.2) is 24.3 Å². The second-order valence-corrected chi connectivity index (χ2v) is 4.31. The van der Waals surface area contributed by atoms with Crippen molar-refractivity contribution in [2.24, 2.45) is 0 Å². The number of nitrogens with zero attached hydrogens (tertiary/aromatic N) is 1. The van der Waals surface area contributed by atoms with E-state index in [0.29, 0.717) is 0 Å². The molecule has 0 atom stereocenters. The molecule has 3 N–H and O–H groups in total. The van der Waals surface area contributed by atoms with Gasteiger partial charge in [0.15, 0.2) is 0 Å². The quantitative estimate of drug-likeness (QED) is 0.747. The number of aliphatic hydroxyl groups excluding tert-OH is 2. The molecule has 1 aromatic rings. The number of hydrogen-bond acceptors (Lipinski definition) is 3. The number of nitrogens with one attached hydrogen (secondary N) is 1. The number of rotatable bonds is 6. The van der Waals surface area contributed by atoms with E-state index >= 15 is 0 Å². The Morgan fingerprint density at radius 3 is 2.24 bits per heavy atom. The maximum absolute atomic E-state index is 12.5. The van der Waals surface area contributed by atoms with E-state index in [4.69, 9.17) is 10.2 Å². The molecule has 0 saturated carbocycles. The first kappa shape index (κ1) is 17.3. The van der Waals surface area contributed by atoms with Gasteiger partial charge in [-0.1, -0.05) is 18.2 Å². The molecule has 0 fully saturated rings. The van der Waals surface area contributed by atoms with E-state index in [1.807, 2.05) is 0 Å². The van der Waals surface area contributed by atoms with Crippen molar-refractivity contribution >= 4 is 11.7 Å². The van der Waals surface area contributed by atoms with Crippen LogP contribution in [-0.2, 0) is 6.42 Å². The molecule has 118 valence electrons. The zero-order valence-corrected chi connectivity index (χ0v) is 11.2. The van der Waals surface area contributed by atoms with Gasteiger partial charge < -0.3 is 20.4 Å². The fraction of sp³-hybridized carbons (Fsp3) is 0.462. The Hall–Kier alpha value is -1.80. The Labute approximate surface area is 120 Å². The number of para-hydroxylation sites is 1. The Bertz CT molecular complexity index is 460. The van der Waals surface area contributed by atoms with Crippen LogP contribution in [0.1, 0.15) is 5.56 Å². The van der Waals surface area contributed by atoms with Gasteiger partial charge in [0.05, 0.1) is 19.6 Å². The Morgan fingerprint density at radius 1 is 1.14 bits per heavy atom. The Balaban J connectivity index is 2.84. The summed E-state index contributed by atoms with van der Waals surface area (Å²) in [5.74, 6) is 0. The van der Waals surface area contributed by atoms with Gasteiger partial charge in [-0.2, -0.15) is 13.2 Å². The van der Waals surface area contributed by atoms with Crippen LogP contribution >= 0.6 is 0 Å². The molecule has 0 unspecified atom stereocenters. The summed E-state index contributed by atoms with van der Waals surface area (Å²) in [4.78, 5) is 13.0. The van der Waals surface area contributed by atoms with Crippen molar-refractivity contribution in [1.29, 1.82) is 0 Å². The molecule has 1 rings (SSSR count). The predicted molar refractivity (Wildman–Crippen MR) is 71.0 cm³/mol. The summed E-state index contributed by atoms with van der Waals surface area (Å²) in [6, 6.07) is 4.95. The third kappa shape index (κ3) is 6.01. The lowest BCUT2D eigenvalue weighted by Crippen LogP contribution is -2.39. The highest BCUT2D eigenvalue weighted by atomic mass is 19.4. The Kier molecular flexibility index (Phi) is 6.44. The first-order valence-corrected chi connectivity index (χ1v) is 6.29. The number of amides is 2. The number of aliphatic hydroxyl groups is 2. The molecule has 0 bridgehead atoms. The number of anilines is 1. The third-order valence-electron chi connectivity index (χ3n) is 2.68. The normalized spacial score (nSPS) is 11.3. The maximum Gasteiger partial charge on any atom is 0.393 e. The summed E-state index contributed by atoms with van der Waals surface area (Å²) in [5.41, 5.74) is 0.00648. The number of benzene rings is 1. The van der Waals surface area contributed by atoms with Gasteiger partial charge in [-0.15, -0.1) is 0 Å². The van der Waals surface area contributed by atoms with Crippen LogP contribution in [-0.4, -0.2) is 53.6 Å². The lowest BCUT2D eigenvalue weighted by atomic mass is 10.1. The van der Waals surface area contributed by atoms with Gasteiger partial charge in [-0.25, -0.2) is 4.79 Å². The van der Waals surface area contributed by atoms with E-state index in [9.17, 15) is 18.0 Å². The van der Waals surface area contributed by atoms with Crippen LogP contribution < -0.4 is 5.32 Å². The molecule has 0 saturated heterocycles. The molecule has 0 aliphatic rings. The molecule has 1 aromatic carbocycles. The van der Waals surface area contributed by atoms with Crippen molar-refractivity contribution in [1.82, 2.24) is 4.90 Å². The van der Waals surface area contributed by atoms with E-state index in [0.717, 1.165) is 4.90 Å². The smallest absolute Gasteiger partial charge is 0.393 e. The number of urea groups is 1. The number of alkyl halides is 3. The molecule has 0 aliphatic carbocycles. The van der Waals surface area contributed by atoms with Gasteiger partial charge >= 0.3 is 12.2 Å². The van der Waals surface area contributed by atoms with E-state index in [2.05, 4.69) is 5.32 Å². The van der Waals surface area contributed by atoms with Gasteiger partial charge in [0, 0.05) is 18.8 Å². The lowest BCUT2D eigenvalue weighted by Gasteiger charge is -2.22. The standard InChI is InChI=1S/C13H17F3N2O3/c14-13(15,16)9-10-3-1-2-4-11(10)17-12(21)18(5-7-19)6-8-20/h1-4,19-20H,5-9H2,(H,17,21). The van der Waals surface area contributed by atoms with Crippen LogP contribution in [0.3, 0.4) is 0 Å².